The van der Waals surface area contributed by atoms with Crippen molar-refractivity contribution < 1.29 is 14.3 Å². The van der Waals surface area contributed by atoms with E-state index in [0.29, 0.717) is 41.0 Å². The number of ketones is 1. The Morgan fingerprint density at radius 1 is 1.24 bits per heavy atom. The predicted molar refractivity (Wildman–Crippen MR) is 136 cm³/mol. The van der Waals surface area contributed by atoms with Crippen molar-refractivity contribution >= 4 is 40.7 Å². The third-order valence-electron chi connectivity index (χ3n) is 4.93. The van der Waals surface area contributed by atoms with Crippen LogP contribution >= 0.6 is 23.4 Å². The van der Waals surface area contributed by atoms with E-state index in [1.807, 2.05) is 29.7 Å². The van der Waals surface area contributed by atoms with Crippen LogP contribution in [0.2, 0.25) is 5.02 Å². The standard InChI is InChI=1S/C25H27ClN4O3S/c1-4-12-30-23(9-6-13-33-22-11-10-20(26)14-17(22)2)28-29-25(30)34-16-24(32)27-21-8-5-7-19(15-21)18(3)31/h4-5,7-8,10-11,14-15H,1,6,9,12-13,16H2,2-3H3,(H,27,32). The summed E-state index contributed by atoms with van der Waals surface area (Å²) in [5.74, 6) is 1.55. The van der Waals surface area contributed by atoms with Gasteiger partial charge in [0.05, 0.1) is 12.4 Å². The molecule has 1 amide bonds. The van der Waals surface area contributed by atoms with Crippen molar-refractivity contribution in [2.45, 2.75) is 38.4 Å². The zero-order chi connectivity index (χ0) is 24.5. The lowest BCUT2D eigenvalue weighted by Gasteiger charge is -2.10. The largest absolute Gasteiger partial charge is 0.493 e. The Morgan fingerprint density at radius 2 is 2.06 bits per heavy atom. The molecule has 1 N–H and O–H groups in total. The molecule has 9 heteroatoms. The molecule has 0 aliphatic carbocycles. The van der Waals surface area contributed by atoms with Crippen molar-refractivity contribution in [3.05, 3.63) is 77.1 Å². The maximum absolute atomic E-state index is 12.4. The number of halogens is 1. The van der Waals surface area contributed by atoms with E-state index in [1.165, 1.54) is 18.7 Å². The monoisotopic (exact) mass is 498 g/mol. The van der Waals surface area contributed by atoms with Gasteiger partial charge in [-0.1, -0.05) is 41.6 Å². The van der Waals surface area contributed by atoms with E-state index in [0.717, 1.165) is 23.6 Å². The molecule has 0 unspecified atom stereocenters. The number of hydrogen-bond donors (Lipinski definition) is 1. The zero-order valence-electron chi connectivity index (χ0n) is 19.2. The molecule has 0 radical (unpaired) electrons. The fraction of sp³-hybridized carbons (Fsp3) is 0.280. The summed E-state index contributed by atoms with van der Waals surface area (Å²) < 4.78 is 7.82. The van der Waals surface area contributed by atoms with Crippen LogP contribution in [0, 0.1) is 6.92 Å². The molecule has 1 aromatic heterocycles. The summed E-state index contributed by atoms with van der Waals surface area (Å²) >= 11 is 7.29. The molecule has 0 atom stereocenters. The van der Waals surface area contributed by atoms with Gasteiger partial charge in [-0.25, -0.2) is 0 Å². The topological polar surface area (TPSA) is 86.1 Å². The van der Waals surface area contributed by atoms with Gasteiger partial charge in [0.15, 0.2) is 10.9 Å². The maximum atomic E-state index is 12.4. The van der Waals surface area contributed by atoms with Crippen molar-refractivity contribution in [1.29, 1.82) is 0 Å². The molecule has 3 aromatic rings. The first-order chi connectivity index (χ1) is 16.4. The highest BCUT2D eigenvalue weighted by Crippen LogP contribution is 2.23. The van der Waals surface area contributed by atoms with Gasteiger partial charge >= 0.3 is 0 Å². The average Bonchev–Trinajstić information content (AvgIpc) is 3.18. The number of nitrogens with zero attached hydrogens (tertiary/aromatic N) is 3. The molecule has 178 valence electrons. The lowest BCUT2D eigenvalue weighted by Crippen LogP contribution is -2.15. The van der Waals surface area contributed by atoms with Gasteiger partial charge < -0.3 is 14.6 Å². The van der Waals surface area contributed by atoms with E-state index in [9.17, 15) is 9.59 Å². The number of thioether (sulfide) groups is 1. The summed E-state index contributed by atoms with van der Waals surface area (Å²) in [6.07, 6.45) is 3.21. The van der Waals surface area contributed by atoms with Gasteiger partial charge in [-0.15, -0.1) is 16.8 Å². The van der Waals surface area contributed by atoms with Gasteiger partial charge in [-0.05, 0) is 56.2 Å². The molecule has 0 spiro atoms. The maximum Gasteiger partial charge on any atom is 0.234 e. The third kappa shape index (κ3) is 7.20. The number of ether oxygens (including phenoxy) is 1. The Labute approximate surface area is 208 Å². The Balaban J connectivity index is 1.53. The number of nitrogens with one attached hydrogen (secondary N) is 1. The molecule has 2 aromatic carbocycles. The first-order valence-electron chi connectivity index (χ1n) is 10.8. The van der Waals surface area contributed by atoms with Crippen molar-refractivity contribution in [2.24, 2.45) is 0 Å². The highest BCUT2D eigenvalue weighted by Gasteiger charge is 2.14. The minimum Gasteiger partial charge on any atom is -0.493 e. The second kappa shape index (κ2) is 12.4. The highest BCUT2D eigenvalue weighted by atomic mass is 35.5. The highest BCUT2D eigenvalue weighted by molar-refractivity contribution is 7.99. The molecule has 0 aliphatic heterocycles. The van der Waals surface area contributed by atoms with E-state index in [1.54, 1.807) is 30.3 Å². The summed E-state index contributed by atoms with van der Waals surface area (Å²) in [6.45, 7) is 8.35. The number of rotatable bonds is 12. The van der Waals surface area contributed by atoms with Crippen LogP contribution in [0.25, 0.3) is 0 Å². The van der Waals surface area contributed by atoms with E-state index in [-0.39, 0.29) is 17.4 Å². The van der Waals surface area contributed by atoms with Crippen LogP contribution < -0.4 is 10.1 Å². The molecule has 0 fully saturated rings. The number of amides is 1. The van der Waals surface area contributed by atoms with E-state index < -0.39 is 0 Å². The van der Waals surface area contributed by atoms with Crippen LogP contribution in [0.1, 0.15) is 35.1 Å². The van der Waals surface area contributed by atoms with Crippen LogP contribution in [0.3, 0.4) is 0 Å². The molecular formula is C25H27ClN4O3S. The van der Waals surface area contributed by atoms with Gasteiger partial charge in [0, 0.05) is 29.2 Å². The first kappa shape index (κ1) is 25.5. The number of carbonyl (C=O) groups excluding carboxylic acids is 2. The van der Waals surface area contributed by atoms with Crippen molar-refractivity contribution in [1.82, 2.24) is 14.8 Å². The van der Waals surface area contributed by atoms with Crippen LogP contribution in [0.15, 0.2) is 60.3 Å². The Kier molecular flexibility index (Phi) is 9.30. The molecule has 0 saturated carbocycles. The fourth-order valence-electron chi connectivity index (χ4n) is 3.25. The minimum absolute atomic E-state index is 0.0516. The van der Waals surface area contributed by atoms with Crippen molar-refractivity contribution in [2.75, 3.05) is 17.7 Å². The normalized spacial score (nSPS) is 10.7. The van der Waals surface area contributed by atoms with Gasteiger partial charge in [0.2, 0.25) is 5.91 Å². The summed E-state index contributed by atoms with van der Waals surface area (Å²) in [4.78, 5) is 24.0. The average molecular weight is 499 g/mol. The zero-order valence-corrected chi connectivity index (χ0v) is 20.8. The minimum atomic E-state index is -0.188. The first-order valence-corrected chi connectivity index (χ1v) is 12.2. The van der Waals surface area contributed by atoms with Gasteiger partial charge in [0.1, 0.15) is 11.6 Å². The molecule has 34 heavy (non-hydrogen) atoms. The molecule has 0 saturated heterocycles. The van der Waals surface area contributed by atoms with Crippen LogP contribution in [-0.4, -0.2) is 38.8 Å². The number of allylic oxidation sites excluding steroid dienone is 1. The van der Waals surface area contributed by atoms with Gasteiger partial charge in [-0.2, -0.15) is 0 Å². The number of carbonyl (C=O) groups is 2. The molecular weight excluding hydrogens is 472 g/mol. The number of aromatic nitrogens is 3. The lowest BCUT2D eigenvalue weighted by molar-refractivity contribution is -0.113. The molecule has 0 bridgehead atoms. The summed E-state index contributed by atoms with van der Waals surface area (Å²) in [5, 5.41) is 12.7. The Morgan fingerprint density at radius 3 is 2.79 bits per heavy atom. The number of hydrogen-bond acceptors (Lipinski definition) is 6. The molecule has 0 aliphatic rings. The Bertz CT molecular complexity index is 1180. The van der Waals surface area contributed by atoms with Crippen molar-refractivity contribution in [3.8, 4) is 5.75 Å². The second-order valence-electron chi connectivity index (χ2n) is 7.63. The van der Waals surface area contributed by atoms with Crippen molar-refractivity contribution in [3.63, 3.8) is 0 Å². The van der Waals surface area contributed by atoms with E-state index in [2.05, 4.69) is 22.1 Å². The third-order valence-corrected chi connectivity index (χ3v) is 6.13. The number of Topliss-reactive ketones (excluding diaryl/α,β-unsaturated/α-hetero) is 1. The quantitative estimate of drug-likeness (QED) is 0.156. The SMILES string of the molecule is C=CCn1c(CCCOc2ccc(Cl)cc2C)nnc1SCC(=O)Nc1cccc(C(C)=O)c1. The molecule has 7 nitrogen and oxygen atoms in total. The van der Waals surface area contributed by atoms with E-state index in [4.69, 9.17) is 16.3 Å². The number of aryl methyl sites for hydroxylation is 2. The van der Waals surface area contributed by atoms with Crippen LogP contribution in [0.5, 0.6) is 5.75 Å². The van der Waals surface area contributed by atoms with Gasteiger partial charge in [0.25, 0.3) is 0 Å². The second-order valence-corrected chi connectivity index (χ2v) is 9.01. The van der Waals surface area contributed by atoms with Crippen LogP contribution in [0.4, 0.5) is 5.69 Å². The fourth-order valence-corrected chi connectivity index (χ4v) is 4.25. The summed E-state index contributed by atoms with van der Waals surface area (Å²) in [6, 6.07) is 12.4. The predicted octanol–water partition coefficient (Wildman–Crippen LogP) is 5.37. The summed E-state index contributed by atoms with van der Waals surface area (Å²) in [5.41, 5.74) is 2.13. The molecule has 1 heterocycles. The van der Waals surface area contributed by atoms with E-state index >= 15 is 0 Å². The number of benzene rings is 2. The molecule has 3 rings (SSSR count). The smallest absolute Gasteiger partial charge is 0.234 e. The summed E-state index contributed by atoms with van der Waals surface area (Å²) in [7, 11) is 0. The Hall–Kier alpha value is -3.10. The van der Waals surface area contributed by atoms with Crippen LogP contribution in [-0.2, 0) is 17.8 Å². The lowest BCUT2D eigenvalue weighted by atomic mass is 10.1. The van der Waals surface area contributed by atoms with Gasteiger partial charge in [-0.3, -0.25) is 9.59 Å². The number of anilines is 1.